The minimum Gasteiger partial charge on any atom is -0.481 e. The van der Waals surface area contributed by atoms with E-state index in [4.69, 9.17) is 4.74 Å². The molecule has 3 unspecified atom stereocenters. The molecule has 0 spiro atoms. The first-order chi connectivity index (χ1) is 20.8. The van der Waals surface area contributed by atoms with Gasteiger partial charge in [-0.1, -0.05) is 60.0 Å². The predicted molar refractivity (Wildman–Crippen MR) is 170 cm³/mol. The van der Waals surface area contributed by atoms with Gasteiger partial charge in [-0.05, 0) is 117 Å². The molecule has 0 saturated heterocycles. The van der Waals surface area contributed by atoms with Crippen LogP contribution in [0.1, 0.15) is 132 Å². The SMILES string of the molecule is CC1(C)C2CC[C@]3(C)C(C(=O)C=C4[C@@H]5C[C@@](C)(C(=O)O)CC[C@]5(C)CCC43C)[C@@]2(C)CC[C@@H]1OC(=O)[C@H]1CCCC[C@H]1C(=O)O. The first-order valence-electron chi connectivity index (χ1n) is 17.8. The molecule has 0 amide bonds. The minimum atomic E-state index is -0.903. The topological polar surface area (TPSA) is 118 Å². The van der Waals surface area contributed by atoms with Crippen LogP contribution in [0.15, 0.2) is 11.6 Å². The molecule has 45 heavy (non-hydrogen) atoms. The quantitative estimate of drug-likeness (QED) is 0.306. The number of fused-ring (bicyclic) bond motifs is 7. The van der Waals surface area contributed by atoms with Crippen LogP contribution in [0.3, 0.4) is 0 Å². The predicted octanol–water partition coefficient (Wildman–Crippen LogP) is 7.85. The monoisotopic (exact) mass is 624 g/mol. The number of carbonyl (C=O) groups is 4. The normalized spacial score (nSPS) is 48.9. The van der Waals surface area contributed by atoms with Crippen molar-refractivity contribution in [2.75, 3.05) is 0 Å². The average molecular weight is 625 g/mol. The number of esters is 1. The van der Waals surface area contributed by atoms with E-state index in [1.807, 2.05) is 13.0 Å². The fraction of sp³-hybridized carbons (Fsp3) is 0.842. The van der Waals surface area contributed by atoms with E-state index in [0.29, 0.717) is 32.1 Å². The van der Waals surface area contributed by atoms with Gasteiger partial charge in [-0.15, -0.1) is 0 Å². The number of hydrogen-bond donors (Lipinski definition) is 2. The van der Waals surface area contributed by atoms with Crippen molar-refractivity contribution in [3.63, 3.8) is 0 Å². The molecule has 0 bridgehead atoms. The summed E-state index contributed by atoms with van der Waals surface area (Å²) >= 11 is 0. The third-order valence-corrected chi connectivity index (χ3v) is 15.7. The second kappa shape index (κ2) is 10.4. The Morgan fingerprint density at radius 3 is 2.09 bits per heavy atom. The summed E-state index contributed by atoms with van der Waals surface area (Å²) in [5.41, 5.74) is -0.576. The first-order valence-corrected chi connectivity index (χ1v) is 17.8. The van der Waals surface area contributed by atoms with Gasteiger partial charge in [-0.3, -0.25) is 19.2 Å². The molecular formula is C38H56O7. The average Bonchev–Trinajstić information content (AvgIpc) is 2.96. The summed E-state index contributed by atoms with van der Waals surface area (Å²) in [4.78, 5) is 52.4. The van der Waals surface area contributed by atoms with Gasteiger partial charge in [0.25, 0.3) is 0 Å². The van der Waals surface area contributed by atoms with Gasteiger partial charge in [0.1, 0.15) is 6.10 Å². The van der Waals surface area contributed by atoms with Gasteiger partial charge < -0.3 is 14.9 Å². The molecule has 6 aliphatic carbocycles. The lowest BCUT2D eigenvalue weighted by molar-refractivity contribution is -0.213. The van der Waals surface area contributed by atoms with E-state index in [2.05, 4.69) is 41.5 Å². The zero-order valence-corrected chi connectivity index (χ0v) is 28.7. The van der Waals surface area contributed by atoms with Gasteiger partial charge in [0, 0.05) is 11.3 Å². The molecule has 0 aromatic rings. The highest BCUT2D eigenvalue weighted by atomic mass is 16.5. The molecule has 0 heterocycles. The Bertz CT molecular complexity index is 1330. The summed E-state index contributed by atoms with van der Waals surface area (Å²) in [7, 11) is 0. The van der Waals surface area contributed by atoms with Crippen LogP contribution in [0.4, 0.5) is 0 Å². The van der Waals surface area contributed by atoms with Gasteiger partial charge in [-0.25, -0.2) is 0 Å². The van der Waals surface area contributed by atoms with Crippen molar-refractivity contribution in [3.8, 4) is 0 Å². The van der Waals surface area contributed by atoms with Gasteiger partial charge in [0.2, 0.25) is 0 Å². The van der Waals surface area contributed by atoms with E-state index in [9.17, 15) is 29.4 Å². The summed E-state index contributed by atoms with van der Waals surface area (Å²) in [6.45, 7) is 15.7. The highest BCUT2D eigenvalue weighted by Gasteiger charge is 2.70. The van der Waals surface area contributed by atoms with E-state index in [1.54, 1.807) is 0 Å². The van der Waals surface area contributed by atoms with E-state index in [0.717, 1.165) is 51.4 Å². The van der Waals surface area contributed by atoms with Gasteiger partial charge in [0.15, 0.2) is 5.78 Å². The van der Waals surface area contributed by atoms with Crippen molar-refractivity contribution in [1.82, 2.24) is 0 Å². The Morgan fingerprint density at radius 2 is 1.44 bits per heavy atom. The number of rotatable bonds is 4. The van der Waals surface area contributed by atoms with Crippen molar-refractivity contribution in [3.05, 3.63) is 11.6 Å². The highest BCUT2D eigenvalue weighted by Crippen LogP contribution is 2.75. The van der Waals surface area contributed by atoms with Crippen LogP contribution < -0.4 is 0 Å². The standard InChI is InChI=1S/C38H56O7/c1-33(2)27-12-15-38(7)29(36(27,5)14-13-28(33)45-31(42)23-11-9-8-10-22(23)30(40)41)26(39)20-24-25-21-35(4,32(43)44)17-16-34(25,3)18-19-37(24,38)6/h20,22-23,25,27-29H,8-19,21H2,1-7H3,(H,40,41)(H,43,44)/t22-,23+,25+,27?,28+,29?,34-,35+,36+,37?,38-/m1/s1. The van der Waals surface area contributed by atoms with Crippen LogP contribution in [0.5, 0.6) is 0 Å². The van der Waals surface area contributed by atoms with Crippen LogP contribution in [-0.4, -0.2) is 40.0 Å². The van der Waals surface area contributed by atoms with E-state index >= 15 is 0 Å². The number of allylic oxidation sites excluding steroid dienone is 2. The number of hydrogen-bond acceptors (Lipinski definition) is 5. The minimum absolute atomic E-state index is 0.0206. The molecule has 0 radical (unpaired) electrons. The number of carboxylic acids is 2. The maximum atomic E-state index is 14.6. The molecule has 2 N–H and O–H groups in total. The Labute approximate surface area is 269 Å². The second-order valence-electron chi connectivity index (χ2n) is 18.2. The molecule has 6 aliphatic rings. The number of aliphatic carboxylic acids is 2. The number of carbonyl (C=O) groups excluding carboxylic acids is 2. The van der Waals surface area contributed by atoms with E-state index in [1.165, 1.54) is 5.57 Å². The van der Waals surface area contributed by atoms with Crippen LogP contribution in [0.25, 0.3) is 0 Å². The molecule has 6 rings (SSSR count). The largest absolute Gasteiger partial charge is 0.481 e. The fourth-order valence-electron chi connectivity index (χ4n) is 12.5. The molecular weight excluding hydrogens is 568 g/mol. The van der Waals surface area contributed by atoms with Crippen LogP contribution in [-0.2, 0) is 23.9 Å². The lowest BCUT2D eigenvalue weighted by atomic mass is 9.33. The maximum absolute atomic E-state index is 14.6. The molecule has 7 nitrogen and oxygen atoms in total. The van der Waals surface area contributed by atoms with Gasteiger partial charge >= 0.3 is 17.9 Å². The zero-order valence-electron chi connectivity index (χ0n) is 28.7. The first kappa shape index (κ1) is 32.7. The smallest absolute Gasteiger partial charge is 0.310 e. The second-order valence-corrected chi connectivity index (χ2v) is 18.2. The third kappa shape index (κ3) is 4.54. The van der Waals surface area contributed by atoms with Crippen molar-refractivity contribution in [2.45, 2.75) is 138 Å². The van der Waals surface area contributed by atoms with Gasteiger partial charge in [0.05, 0.1) is 17.3 Å². The summed E-state index contributed by atoms with van der Waals surface area (Å²) < 4.78 is 6.28. The molecule has 0 aromatic heterocycles. The number of ether oxygens (including phenoxy) is 1. The molecule has 0 aromatic carbocycles. The molecule has 250 valence electrons. The Morgan fingerprint density at radius 1 is 0.800 bits per heavy atom. The summed E-state index contributed by atoms with van der Waals surface area (Å²) in [5, 5.41) is 20.0. The molecule has 5 saturated carbocycles. The molecule has 11 atom stereocenters. The third-order valence-electron chi connectivity index (χ3n) is 15.7. The lowest BCUT2D eigenvalue weighted by Gasteiger charge is -2.70. The molecule has 7 heteroatoms. The van der Waals surface area contributed by atoms with Crippen molar-refractivity contribution >= 4 is 23.7 Å². The fourth-order valence-corrected chi connectivity index (χ4v) is 12.5. The van der Waals surface area contributed by atoms with E-state index in [-0.39, 0.29) is 62.7 Å². The van der Waals surface area contributed by atoms with Crippen LogP contribution in [0.2, 0.25) is 0 Å². The molecule has 0 aliphatic heterocycles. The lowest BCUT2D eigenvalue weighted by Crippen LogP contribution is -2.66. The highest BCUT2D eigenvalue weighted by molar-refractivity contribution is 5.95. The van der Waals surface area contributed by atoms with Crippen LogP contribution in [0, 0.1) is 62.1 Å². The zero-order chi connectivity index (χ0) is 33.0. The van der Waals surface area contributed by atoms with Crippen molar-refractivity contribution < 1.29 is 34.1 Å². The van der Waals surface area contributed by atoms with Crippen molar-refractivity contribution in [1.29, 1.82) is 0 Å². The van der Waals surface area contributed by atoms with Crippen LogP contribution >= 0.6 is 0 Å². The Hall–Kier alpha value is -2.18. The van der Waals surface area contributed by atoms with Crippen molar-refractivity contribution in [2.24, 2.45) is 62.1 Å². The summed E-state index contributed by atoms with van der Waals surface area (Å²) in [6.07, 6.45) is 12.0. The number of ketones is 1. The van der Waals surface area contributed by atoms with Gasteiger partial charge in [-0.2, -0.15) is 0 Å². The summed E-state index contributed by atoms with van der Waals surface area (Å²) in [6, 6.07) is 0. The Balaban J connectivity index is 1.30. The Kier molecular flexibility index (Phi) is 7.58. The summed E-state index contributed by atoms with van der Waals surface area (Å²) in [5.74, 6) is -2.91. The molecule has 5 fully saturated rings. The number of carboxylic acid groups (broad SMARTS) is 2. The van der Waals surface area contributed by atoms with E-state index < -0.39 is 29.2 Å². The maximum Gasteiger partial charge on any atom is 0.310 e.